The van der Waals surface area contributed by atoms with Crippen LogP contribution in [0.1, 0.15) is 32.6 Å². The highest BCUT2D eigenvalue weighted by Crippen LogP contribution is 2.28. The van der Waals surface area contributed by atoms with Gasteiger partial charge in [0.05, 0.1) is 24.5 Å². The average molecular weight is 284 g/mol. The number of nitrogens with zero attached hydrogens (tertiary/aromatic N) is 1. The summed E-state index contributed by atoms with van der Waals surface area (Å²) >= 11 is 0. The summed E-state index contributed by atoms with van der Waals surface area (Å²) in [4.78, 5) is 24.9. The number of hydrogen-bond donors (Lipinski definition) is 2. The minimum atomic E-state index is -0.834. The van der Waals surface area contributed by atoms with Crippen LogP contribution < -0.4 is 5.32 Å². The van der Waals surface area contributed by atoms with Gasteiger partial charge in [-0.25, -0.2) is 0 Å². The van der Waals surface area contributed by atoms with Crippen LogP contribution in [0.5, 0.6) is 0 Å². The zero-order chi connectivity index (χ0) is 14.6. The zero-order valence-corrected chi connectivity index (χ0v) is 12.1. The molecule has 114 valence electrons. The quantitative estimate of drug-likeness (QED) is 0.767. The molecule has 1 atom stereocenters. The lowest BCUT2D eigenvalue weighted by Gasteiger charge is -2.36. The Labute approximate surface area is 119 Å². The molecule has 2 aliphatic heterocycles. The number of carboxylic acid groups (broad SMARTS) is 1. The summed E-state index contributed by atoms with van der Waals surface area (Å²) < 4.78 is 5.54. The highest BCUT2D eigenvalue weighted by Gasteiger charge is 2.40. The smallest absolute Gasteiger partial charge is 0.305 e. The van der Waals surface area contributed by atoms with E-state index in [1.807, 2.05) is 11.8 Å². The molecular weight excluding hydrogens is 260 g/mol. The second-order valence-electron chi connectivity index (χ2n) is 5.99. The first kappa shape index (κ1) is 15.3. The fourth-order valence-corrected chi connectivity index (χ4v) is 2.92. The molecule has 6 heteroatoms. The van der Waals surface area contributed by atoms with Crippen molar-refractivity contribution in [2.24, 2.45) is 5.41 Å². The molecule has 1 amide bonds. The van der Waals surface area contributed by atoms with E-state index < -0.39 is 5.97 Å². The molecule has 0 aromatic rings. The Morgan fingerprint density at radius 2 is 2.10 bits per heavy atom. The van der Waals surface area contributed by atoms with Crippen molar-refractivity contribution in [1.29, 1.82) is 0 Å². The normalized spacial score (nSPS) is 27.8. The van der Waals surface area contributed by atoms with Gasteiger partial charge in [-0.1, -0.05) is 0 Å². The average Bonchev–Trinajstić information content (AvgIpc) is 2.86. The van der Waals surface area contributed by atoms with Gasteiger partial charge in [0.2, 0.25) is 5.91 Å². The third-order valence-corrected chi connectivity index (χ3v) is 4.28. The Morgan fingerprint density at radius 3 is 2.65 bits per heavy atom. The summed E-state index contributed by atoms with van der Waals surface area (Å²) in [5.41, 5.74) is -0.253. The van der Waals surface area contributed by atoms with E-state index in [0.29, 0.717) is 13.1 Å². The maximum absolute atomic E-state index is 12.5. The molecule has 0 saturated carbocycles. The van der Waals surface area contributed by atoms with E-state index in [4.69, 9.17) is 9.84 Å². The van der Waals surface area contributed by atoms with Gasteiger partial charge in [0.25, 0.3) is 0 Å². The first-order chi connectivity index (χ1) is 9.51. The molecule has 2 rings (SSSR count). The van der Waals surface area contributed by atoms with Crippen LogP contribution in [-0.4, -0.2) is 60.8 Å². The van der Waals surface area contributed by atoms with E-state index in [-0.39, 0.29) is 30.5 Å². The Bertz CT molecular complexity index is 358. The van der Waals surface area contributed by atoms with Crippen molar-refractivity contribution in [3.05, 3.63) is 0 Å². The number of likely N-dealkylation sites (tertiary alicyclic amines) is 1. The van der Waals surface area contributed by atoms with E-state index in [2.05, 4.69) is 5.32 Å². The van der Waals surface area contributed by atoms with Gasteiger partial charge in [0.15, 0.2) is 0 Å². The molecule has 1 unspecified atom stereocenters. The molecule has 0 aliphatic carbocycles. The summed E-state index contributed by atoms with van der Waals surface area (Å²) in [6, 6.07) is 0. The van der Waals surface area contributed by atoms with Gasteiger partial charge < -0.3 is 20.1 Å². The van der Waals surface area contributed by atoms with Gasteiger partial charge in [0, 0.05) is 19.6 Å². The number of aliphatic carboxylic acids is 1. The van der Waals surface area contributed by atoms with Crippen LogP contribution in [-0.2, 0) is 14.3 Å². The third kappa shape index (κ3) is 3.70. The van der Waals surface area contributed by atoms with Crippen molar-refractivity contribution in [2.75, 3.05) is 32.8 Å². The minimum absolute atomic E-state index is 0.0445. The number of rotatable bonds is 5. The molecule has 6 nitrogen and oxygen atoms in total. The lowest BCUT2D eigenvalue weighted by Crippen LogP contribution is -2.48. The van der Waals surface area contributed by atoms with Gasteiger partial charge in [-0.2, -0.15) is 0 Å². The fourth-order valence-electron chi connectivity index (χ4n) is 2.92. The van der Waals surface area contributed by atoms with Gasteiger partial charge in [-0.3, -0.25) is 9.59 Å². The van der Waals surface area contributed by atoms with Crippen molar-refractivity contribution < 1.29 is 19.4 Å². The number of carbonyl (C=O) groups excluding carboxylic acids is 1. The minimum Gasteiger partial charge on any atom is -0.481 e. The van der Waals surface area contributed by atoms with Crippen molar-refractivity contribution in [2.45, 2.75) is 38.7 Å². The fraction of sp³-hybridized carbons (Fsp3) is 0.857. The summed E-state index contributed by atoms with van der Waals surface area (Å²) in [5, 5.41) is 11.8. The van der Waals surface area contributed by atoms with Gasteiger partial charge in [-0.05, 0) is 32.7 Å². The number of amides is 1. The van der Waals surface area contributed by atoms with Crippen LogP contribution in [0.15, 0.2) is 0 Å². The van der Waals surface area contributed by atoms with E-state index >= 15 is 0 Å². The third-order valence-electron chi connectivity index (χ3n) is 4.28. The molecule has 2 saturated heterocycles. The van der Waals surface area contributed by atoms with E-state index in [9.17, 15) is 9.59 Å². The Kier molecular flexibility index (Phi) is 4.99. The second kappa shape index (κ2) is 6.54. The SMILES string of the molecule is CC1(C(=O)N2CCC(OCCC(=O)O)CC2)CCNC1. The zero-order valence-electron chi connectivity index (χ0n) is 12.1. The van der Waals surface area contributed by atoms with Crippen molar-refractivity contribution in [3.63, 3.8) is 0 Å². The Balaban J connectivity index is 1.73. The number of piperidine rings is 1. The van der Waals surface area contributed by atoms with Crippen molar-refractivity contribution in [1.82, 2.24) is 10.2 Å². The second-order valence-corrected chi connectivity index (χ2v) is 5.99. The highest BCUT2D eigenvalue weighted by atomic mass is 16.5. The summed E-state index contributed by atoms with van der Waals surface area (Å²) in [6.45, 7) is 5.40. The summed E-state index contributed by atoms with van der Waals surface area (Å²) in [6.07, 6.45) is 2.64. The first-order valence-corrected chi connectivity index (χ1v) is 7.35. The Hall–Kier alpha value is -1.14. The number of nitrogens with one attached hydrogen (secondary N) is 1. The van der Waals surface area contributed by atoms with Crippen molar-refractivity contribution in [3.8, 4) is 0 Å². The standard InChI is InChI=1S/C14H24N2O4/c1-14(5-6-15-10-14)13(19)16-7-2-11(3-8-16)20-9-4-12(17)18/h11,15H,2-10H2,1H3,(H,17,18). The van der Waals surface area contributed by atoms with E-state index in [1.54, 1.807) is 0 Å². The molecule has 2 aliphatic rings. The van der Waals surface area contributed by atoms with Crippen LogP contribution in [0.4, 0.5) is 0 Å². The summed E-state index contributed by atoms with van der Waals surface area (Å²) in [5.74, 6) is -0.592. The lowest BCUT2D eigenvalue weighted by atomic mass is 9.87. The van der Waals surface area contributed by atoms with Gasteiger partial charge in [-0.15, -0.1) is 0 Å². The predicted molar refractivity (Wildman–Crippen MR) is 73.4 cm³/mol. The van der Waals surface area contributed by atoms with Crippen molar-refractivity contribution >= 4 is 11.9 Å². The molecule has 0 bridgehead atoms. The maximum atomic E-state index is 12.5. The Morgan fingerprint density at radius 1 is 1.40 bits per heavy atom. The maximum Gasteiger partial charge on any atom is 0.305 e. The van der Waals surface area contributed by atoms with Gasteiger partial charge >= 0.3 is 5.97 Å². The number of ether oxygens (including phenoxy) is 1. The molecular formula is C14H24N2O4. The molecule has 2 heterocycles. The summed E-state index contributed by atoms with van der Waals surface area (Å²) in [7, 11) is 0. The molecule has 0 aromatic carbocycles. The van der Waals surface area contributed by atoms with E-state index in [0.717, 1.165) is 32.4 Å². The van der Waals surface area contributed by atoms with Crippen LogP contribution in [0, 0.1) is 5.41 Å². The van der Waals surface area contributed by atoms with Gasteiger partial charge in [0.1, 0.15) is 0 Å². The molecule has 0 radical (unpaired) electrons. The topological polar surface area (TPSA) is 78.9 Å². The van der Waals surface area contributed by atoms with E-state index in [1.165, 1.54) is 0 Å². The number of carbonyl (C=O) groups is 2. The molecule has 2 N–H and O–H groups in total. The molecule has 20 heavy (non-hydrogen) atoms. The molecule has 0 spiro atoms. The monoisotopic (exact) mass is 284 g/mol. The predicted octanol–water partition coefficient (Wildman–Crippen LogP) is 0.468. The molecule has 2 fully saturated rings. The van der Waals surface area contributed by atoms with Crippen LogP contribution in [0.25, 0.3) is 0 Å². The number of hydrogen-bond acceptors (Lipinski definition) is 4. The number of carboxylic acids is 1. The largest absolute Gasteiger partial charge is 0.481 e. The highest BCUT2D eigenvalue weighted by molar-refractivity contribution is 5.83. The first-order valence-electron chi connectivity index (χ1n) is 7.35. The van der Waals surface area contributed by atoms with Crippen LogP contribution >= 0.6 is 0 Å². The molecule has 0 aromatic heterocycles. The van der Waals surface area contributed by atoms with Crippen LogP contribution in [0.2, 0.25) is 0 Å². The lowest BCUT2D eigenvalue weighted by molar-refractivity contribution is -0.143. The van der Waals surface area contributed by atoms with Crippen LogP contribution in [0.3, 0.4) is 0 Å².